The zero-order valence-electron chi connectivity index (χ0n) is 13.9. The number of hydrogen-bond donors (Lipinski definition) is 1. The molecule has 0 fully saturated rings. The van der Waals surface area contributed by atoms with Crippen LogP contribution in [0.3, 0.4) is 0 Å². The summed E-state index contributed by atoms with van der Waals surface area (Å²) in [6.45, 7) is 1.63. The summed E-state index contributed by atoms with van der Waals surface area (Å²) in [6, 6.07) is 6.09. The molecule has 1 aromatic heterocycles. The number of ether oxygens (including phenoxy) is 1. The van der Waals surface area contributed by atoms with Crippen molar-refractivity contribution in [1.29, 1.82) is 0 Å². The molecule has 2 aromatic rings. The highest BCUT2D eigenvalue weighted by atomic mass is 32.2. The molecule has 1 N–H and O–H groups in total. The predicted molar refractivity (Wildman–Crippen MR) is 90.9 cm³/mol. The van der Waals surface area contributed by atoms with Crippen LogP contribution >= 0.6 is 0 Å². The van der Waals surface area contributed by atoms with E-state index >= 15 is 0 Å². The molecule has 0 aliphatic carbocycles. The molecule has 0 unspecified atom stereocenters. The van der Waals surface area contributed by atoms with E-state index in [1.807, 2.05) is 0 Å². The van der Waals surface area contributed by atoms with Crippen molar-refractivity contribution < 1.29 is 17.9 Å². The zero-order valence-corrected chi connectivity index (χ0v) is 14.7. The van der Waals surface area contributed by atoms with E-state index in [4.69, 9.17) is 4.74 Å². The van der Waals surface area contributed by atoms with Crippen molar-refractivity contribution in [2.75, 3.05) is 26.1 Å². The molecule has 128 valence electrons. The summed E-state index contributed by atoms with van der Waals surface area (Å²) in [7, 11) is 1.11. The first kappa shape index (κ1) is 17.7. The highest BCUT2D eigenvalue weighted by molar-refractivity contribution is 7.90. The van der Waals surface area contributed by atoms with Crippen molar-refractivity contribution in [2.24, 2.45) is 0 Å². The lowest BCUT2D eigenvalue weighted by Crippen LogP contribution is -2.31. The van der Waals surface area contributed by atoms with Gasteiger partial charge in [0.15, 0.2) is 0 Å². The van der Waals surface area contributed by atoms with Crippen LogP contribution in [0.2, 0.25) is 0 Å². The molecule has 1 amide bonds. The van der Waals surface area contributed by atoms with E-state index < -0.39 is 15.9 Å². The Morgan fingerprint density at radius 1 is 1.21 bits per heavy atom. The number of nitrogens with zero attached hydrogens (tertiary/aromatic N) is 2. The van der Waals surface area contributed by atoms with E-state index in [1.165, 1.54) is 25.4 Å². The first-order chi connectivity index (χ1) is 11.2. The number of benzene rings is 1. The van der Waals surface area contributed by atoms with Crippen LogP contribution in [0, 0.1) is 6.92 Å². The Morgan fingerprint density at radius 3 is 2.50 bits per heavy atom. The molecule has 7 nitrogen and oxygen atoms in total. The van der Waals surface area contributed by atoms with Gasteiger partial charge in [-0.3, -0.25) is 9.78 Å². The van der Waals surface area contributed by atoms with E-state index in [-0.39, 0.29) is 10.5 Å². The van der Waals surface area contributed by atoms with Crippen LogP contribution in [0.4, 0.5) is 5.69 Å². The van der Waals surface area contributed by atoms with E-state index in [1.54, 1.807) is 44.2 Å². The third-order valence-electron chi connectivity index (χ3n) is 3.40. The van der Waals surface area contributed by atoms with Gasteiger partial charge in [0.2, 0.25) is 0 Å². The highest BCUT2D eigenvalue weighted by Gasteiger charge is 2.21. The van der Waals surface area contributed by atoms with Crippen LogP contribution in [0.1, 0.15) is 15.9 Å². The minimum atomic E-state index is -3.99. The number of pyridine rings is 1. The SMILES string of the molecule is COc1ccc(S(=O)(=O)NC(=O)c2cncc(N(C)C)c2)c(C)c1. The predicted octanol–water partition coefficient (Wildman–Crippen LogP) is 1.58. The number of nitrogens with one attached hydrogen (secondary N) is 1. The van der Waals surface area contributed by atoms with E-state index in [0.29, 0.717) is 17.0 Å². The summed E-state index contributed by atoms with van der Waals surface area (Å²) >= 11 is 0. The number of amides is 1. The van der Waals surface area contributed by atoms with Gasteiger partial charge in [-0.15, -0.1) is 0 Å². The van der Waals surface area contributed by atoms with Gasteiger partial charge in [0.05, 0.1) is 29.5 Å². The lowest BCUT2D eigenvalue weighted by atomic mass is 10.2. The average Bonchev–Trinajstić information content (AvgIpc) is 2.54. The molecule has 0 spiro atoms. The van der Waals surface area contributed by atoms with Crippen LogP contribution in [0.15, 0.2) is 41.6 Å². The van der Waals surface area contributed by atoms with Crippen molar-refractivity contribution in [3.8, 4) is 5.75 Å². The van der Waals surface area contributed by atoms with E-state index in [2.05, 4.69) is 9.71 Å². The van der Waals surface area contributed by atoms with E-state index in [0.717, 1.165) is 0 Å². The lowest BCUT2D eigenvalue weighted by molar-refractivity contribution is 0.0981. The summed E-state index contributed by atoms with van der Waals surface area (Å²) in [5.74, 6) is -0.193. The Kier molecular flexibility index (Phi) is 5.08. The zero-order chi connectivity index (χ0) is 17.9. The average molecular weight is 349 g/mol. The number of rotatable bonds is 5. The number of sulfonamides is 1. The van der Waals surface area contributed by atoms with Crippen molar-refractivity contribution in [3.05, 3.63) is 47.8 Å². The van der Waals surface area contributed by atoms with Crippen LogP contribution in [-0.2, 0) is 10.0 Å². The molecule has 0 aliphatic rings. The second kappa shape index (κ2) is 6.88. The maximum atomic E-state index is 12.5. The van der Waals surface area contributed by atoms with Gasteiger partial charge in [0, 0.05) is 20.3 Å². The normalized spacial score (nSPS) is 11.0. The van der Waals surface area contributed by atoms with Gasteiger partial charge in [0.25, 0.3) is 15.9 Å². The smallest absolute Gasteiger partial charge is 0.266 e. The van der Waals surface area contributed by atoms with Crippen molar-refractivity contribution in [3.63, 3.8) is 0 Å². The Bertz CT molecular complexity index is 863. The fourth-order valence-electron chi connectivity index (χ4n) is 2.08. The number of hydrogen-bond acceptors (Lipinski definition) is 6. The Labute approximate surface area is 141 Å². The number of aryl methyl sites for hydroxylation is 1. The van der Waals surface area contributed by atoms with Gasteiger partial charge in [-0.1, -0.05) is 0 Å². The third kappa shape index (κ3) is 3.83. The lowest BCUT2D eigenvalue weighted by Gasteiger charge is -2.13. The van der Waals surface area contributed by atoms with Gasteiger partial charge >= 0.3 is 0 Å². The molecular weight excluding hydrogens is 330 g/mol. The first-order valence-electron chi connectivity index (χ1n) is 7.09. The molecule has 1 heterocycles. The Hall–Kier alpha value is -2.61. The number of aromatic nitrogens is 1. The number of anilines is 1. The number of carbonyl (C=O) groups excluding carboxylic acids is 1. The van der Waals surface area contributed by atoms with Gasteiger partial charge < -0.3 is 9.64 Å². The quantitative estimate of drug-likeness (QED) is 0.882. The molecule has 8 heteroatoms. The monoisotopic (exact) mass is 349 g/mol. The van der Waals surface area contributed by atoms with Crippen molar-refractivity contribution in [2.45, 2.75) is 11.8 Å². The summed E-state index contributed by atoms with van der Waals surface area (Å²) in [5, 5.41) is 0. The Balaban J connectivity index is 2.29. The molecule has 24 heavy (non-hydrogen) atoms. The third-order valence-corrected chi connectivity index (χ3v) is 4.89. The Morgan fingerprint density at radius 2 is 1.92 bits per heavy atom. The fourth-order valence-corrected chi connectivity index (χ4v) is 3.28. The van der Waals surface area contributed by atoms with Gasteiger partial charge in [-0.05, 0) is 36.8 Å². The van der Waals surface area contributed by atoms with Crippen LogP contribution in [0.25, 0.3) is 0 Å². The maximum Gasteiger partial charge on any atom is 0.266 e. The summed E-state index contributed by atoms with van der Waals surface area (Å²) in [4.78, 5) is 18.0. The molecular formula is C16H19N3O4S. The van der Waals surface area contributed by atoms with Gasteiger partial charge in [0.1, 0.15) is 5.75 Å². The number of methoxy groups -OCH3 is 1. The number of carbonyl (C=O) groups is 1. The maximum absolute atomic E-state index is 12.5. The molecule has 0 radical (unpaired) electrons. The minimum absolute atomic E-state index is 0.0216. The first-order valence-corrected chi connectivity index (χ1v) is 8.57. The minimum Gasteiger partial charge on any atom is -0.497 e. The summed E-state index contributed by atoms with van der Waals surface area (Å²) in [6.07, 6.45) is 2.90. The summed E-state index contributed by atoms with van der Waals surface area (Å²) in [5.41, 5.74) is 1.34. The molecule has 0 saturated heterocycles. The molecule has 1 aromatic carbocycles. The topological polar surface area (TPSA) is 88.6 Å². The van der Waals surface area contributed by atoms with Crippen LogP contribution < -0.4 is 14.4 Å². The second-order valence-electron chi connectivity index (χ2n) is 5.39. The second-order valence-corrected chi connectivity index (χ2v) is 7.04. The standard InChI is InChI=1S/C16H19N3O4S/c1-11-7-14(23-4)5-6-15(11)24(21,22)18-16(20)12-8-13(19(2)3)10-17-9-12/h5-10H,1-4H3,(H,18,20). The van der Waals surface area contributed by atoms with Crippen LogP contribution in [0.5, 0.6) is 5.75 Å². The highest BCUT2D eigenvalue weighted by Crippen LogP contribution is 2.21. The van der Waals surface area contributed by atoms with Crippen molar-refractivity contribution in [1.82, 2.24) is 9.71 Å². The van der Waals surface area contributed by atoms with Crippen LogP contribution in [-0.4, -0.2) is 40.5 Å². The van der Waals surface area contributed by atoms with Gasteiger partial charge in [-0.2, -0.15) is 0 Å². The molecule has 0 saturated carbocycles. The fraction of sp³-hybridized carbons (Fsp3) is 0.250. The van der Waals surface area contributed by atoms with Gasteiger partial charge in [-0.25, -0.2) is 13.1 Å². The van der Waals surface area contributed by atoms with E-state index in [9.17, 15) is 13.2 Å². The summed E-state index contributed by atoms with van der Waals surface area (Å²) < 4.78 is 32.0. The molecule has 0 atom stereocenters. The molecule has 0 aliphatic heterocycles. The molecule has 0 bridgehead atoms. The van der Waals surface area contributed by atoms with Crippen molar-refractivity contribution >= 4 is 21.6 Å². The molecule has 2 rings (SSSR count). The largest absolute Gasteiger partial charge is 0.497 e.